The van der Waals surface area contributed by atoms with E-state index in [4.69, 9.17) is 5.73 Å². The van der Waals surface area contributed by atoms with Crippen LogP contribution in [0.5, 0.6) is 0 Å². The van der Waals surface area contributed by atoms with E-state index in [2.05, 4.69) is 4.72 Å². The van der Waals surface area contributed by atoms with Gasteiger partial charge in [0.15, 0.2) is 0 Å². The van der Waals surface area contributed by atoms with Gasteiger partial charge in [0, 0.05) is 19.6 Å². The Balaban J connectivity index is 2.11. The minimum absolute atomic E-state index is 0.247. The molecule has 18 heavy (non-hydrogen) atoms. The summed E-state index contributed by atoms with van der Waals surface area (Å²) in [7, 11) is -3.42. The SMILES string of the molecule is NCC(NS(=O)(=O)N1CCCC1)c1ccccc1. The molecule has 1 atom stereocenters. The van der Waals surface area contributed by atoms with E-state index in [1.54, 1.807) is 0 Å². The van der Waals surface area contributed by atoms with Gasteiger partial charge in [-0.1, -0.05) is 30.3 Å². The first-order valence-corrected chi connectivity index (χ1v) is 7.60. The zero-order valence-corrected chi connectivity index (χ0v) is 11.1. The molecule has 1 aromatic rings. The van der Waals surface area contributed by atoms with E-state index in [1.807, 2.05) is 30.3 Å². The zero-order valence-electron chi connectivity index (χ0n) is 10.2. The van der Waals surface area contributed by atoms with E-state index in [0.717, 1.165) is 18.4 Å². The molecule has 100 valence electrons. The largest absolute Gasteiger partial charge is 0.329 e. The average molecular weight is 269 g/mol. The molecule has 2 rings (SSSR count). The van der Waals surface area contributed by atoms with Crippen molar-refractivity contribution >= 4 is 10.2 Å². The second kappa shape index (κ2) is 5.79. The minimum Gasteiger partial charge on any atom is -0.329 e. The van der Waals surface area contributed by atoms with Crippen molar-refractivity contribution in [1.82, 2.24) is 9.03 Å². The monoisotopic (exact) mass is 269 g/mol. The van der Waals surface area contributed by atoms with Crippen LogP contribution in [0.4, 0.5) is 0 Å². The molecule has 0 amide bonds. The van der Waals surface area contributed by atoms with E-state index < -0.39 is 10.2 Å². The van der Waals surface area contributed by atoms with Crippen molar-refractivity contribution in [2.45, 2.75) is 18.9 Å². The molecule has 0 aliphatic carbocycles. The molecule has 1 aliphatic heterocycles. The second-order valence-electron chi connectivity index (χ2n) is 4.43. The van der Waals surface area contributed by atoms with Gasteiger partial charge in [0.1, 0.15) is 0 Å². The summed E-state index contributed by atoms with van der Waals surface area (Å²) < 4.78 is 28.4. The third kappa shape index (κ3) is 3.08. The van der Waals surface area contributed by atoms with Crippen molar-refractivity contribution in [2.24, 2.45) is 5.73 Å². The maximum absolute atomic E-state index is 12.1. The van der Waals surface area contributed by atoms with Crippen LogP contribution in [0.15, 0.2) is 30.3 Å². The predicted octanol–water partition coefficient (Wildman–Crippen LogP) is 0.617. The van der Waals surface area contributed by atoms with Crippen molar-refractivity contribution < 1.29 is 8.42 Å². The molecule has 0 spiro atoms. The van der Waals surface area contributed by atoms with Crippen molar-refractivity contribution in [3.8, 4) is 0 Å². The summed E-state index contributed by atoms with van der Waals surface area (Å²) in [5.74, 6) is 0. The highest BCUT2D eigenvalue weighted by molar-refractivity contribution is 7.87. The van der Waals surface area contributed by atoms with Crippen LogP contribution in [-0.2, 0) is 10.2 Å². The third-order valence-corrected chi connectivity index (χ3v) is 4.76. The minimum atomic E-state index is -3.42. The average Bonchev–Trinajstić information content (AvgIpc) is 2.92. The Morgan fingerprint density at radius 2 is 1.83 bits per heavy atom. The summed E-state index contributed by atoms with van der Waals surface area (Å²) in [5.41, 5.74) is 6.56. The van der Waals surface area contributed by atoms with Crippen LogP contribution in [-0.4, -0.2) is 32.4 Å². The van der Waals surface area contributed by atoms with Crippen LogP contribution >= 0.6 is 0 Å². The van der Waals surface area contributed by atoms with E-state index >= 15 is 0 Å². The molecule has 6 heteroatoms. The summed E-state index contributed by atoms with van der Waals surface area (Å²) >= 11 is 0. The molecule has 3 N–H and O–H groups in total. The van der Waals surface area contributed by atoms with Gasteiger partial charge in [0.25, 0.3) is 10.2 Å². The van der Waals surface area contributed by atoms with E-state index in [0.29, 0.717) is 13.1 Å². The number of hydrogen-bond donors (Lipinski definition) is 2. The molecule has 1 unspecified atom stereocenters. The maximum Gasteiger partial charge on any atom is 0.280 e. The molecule has 0 bridgehead atoms. The fourth-order valence-corrected chi connectivity index (χ4v) is 3.60. The van der Waals surface area contributed by atoms with Gasteiger partial charge in [0.2, 0.25) is 0 Å². The maximum atomic E-state index is 12.1. The number of benzene rings is 1. The fraction of sp³-hybridized carbons (Fsp3) is 0.500. The second-order valence-corrected chi connectivity index (χ2v) is 6.13. The quantitative estimate of drug-likeness (QED) is 0.822. The van der Waals surface area contributed by atoms with E-state index in [1.165, 1.54) is 4.31 Å². The van der Waals surface area contributed by atoms with Gasteiger partial charge in [-0.05, 0) is 18.4 Å². The van der Waals surface area contributed by atoms with Crippen LogP contribution in [0.1, 0.15) is 24.4 Å². The van der Waals surface area contributed by atoms with Crippen LogP contribution in [0.25, 0.3) is 0 Å². The number of nitrogens with one attached hydrogen (secondary N) is 1. The third-order valence-electron chi connectivity index (χ3n) is 3.13. The van der Waals surface area contributed by atoms with Gasteiger partial charge in [-0.15, -0.1) is 0 Å². The van der Waals surface area contributed by atoms with E-state index in [9.17, 15) is 8.42 Å². The molecule has 0 aromatic heterocycles. The van der Waals surface area contributed by atoms with Gasteiger partial charge in [-0.2, -0.15) is 17.4 Å². The fourth-order valence-electron chi connectivity index (χ4n) is 2.12. The Kier molecular flexibility index (Phi) is 4.34. The van der Waals surface area contributed by atoms with Gasteiger partial charge in [-0.25, -0.2) is 0 Å². The smallest absolute Gasteiger partial charge is 0.280 e. The van der Waals surface area contributed by atoms with Crippen molar-refractivity contribution in [3.05, 3.63) is 35.9 Å². The van der Waals surface area contributed by atoms with Gasteiger partial charge >= 0.3 is 0 Å². The van der Waals surface area contributed by atoms with Crippen molar-refractivity contribution in [3.63, 3.8) is 0 Å². The molecule has 1 aliphatic rings. The Hall–Kier alpha value is -0.950. The summed E-state index contributed by atoms with van der Waals surface area (Å²) in [6.07, 6.45) is 1.86. The van der Waals surface area contributed by atoms with Crippen LogP contribution in [0.2, 0.25) is 0 Å². The lowest BCUT2D eigenvalue weighted by Crippen LogP contribution is -2.42. The zero-order chi connectivity index (χ0) is 13.0. The van der Waals surface area contributed by atoms with Crippen LogP contribution in [0, 0.1) is 0 Å². The molecular weight excluding hydrogens is 250 g/mol. The molecule has 1 saturated heterocycles. The van der Waals surface area contributed by atoms with Gasteiger partial charge in [-0.3, -0.25) is 0 Å². The molecule has 0 radical (unpaired) electrons. The normalized spacial score (nSPS) is 18.9. The Bertz CT molecular complexity index is 469. The molecule has 1 fully saturated rings. The first-order chi connectivity index (χ1) is 8.63. The van der Waals surface area contributed by atoms with Crippen LogP contribution in [0.3, 0.4) is 0 Å². The molecule has 1 aromatic carbocycles. The van der Waals surface area contributed by atoms with Crippen molar-refractivity contribution in [1.29, 1.82) is 0 Å². The number of nitrogens with two attached hydrogens (primary N) is 1. The summed E-state index contributed by atoms with van der Waals surface area (Å²) in [4.78, 5) is 0. The number of rotatable bonds is 5. The van der Waals surface area contributed by atoms with Crippen LogP contribution < -0.4 is 10.5 Å². The number of nitrogens with zero attached hydrogens (tertiary/aromatic N) is 1. The predicted molar refractivity (Wildman–Crippen MR) is 71.1 cm³/mol. The Morgan fingerprint density at radius 3 is 2.39 bits per heavy atom. The molecule has 5 nitrogen and oxygen atoms in total. The topological polar surface area (TPSA) is 75.4 Å². The molecular formula is C12H19N3O2S. The van der Waals surface area contributed by atoms with Gasteiger partial charge < -0.3 is 5.73 Å². The summed E-state index contributed by atoms with van der Waals surface area (Å²) in [6, 6.07) is 9.04. The highest BCUT2D eigenvalue weighted by Crippen LogP contribution is 2.16. The highest BCUT2D eigenvalue weighted by Gasteiger charge is 2.27. The summed E-state index contributed by atoms with van der Waals surface area (Å²) in [6.45, 7) is 1.44. The number of hydrogen-bond acceptors (Lipinski definition) is 3. The highest BCUT2D eigenvalue weighted by atomic mass is 32.2. The van der Waals surface area contributed by atoms with Crippen molar-refractivity contribution in [2.75, 3.05) is 19.6 Å². The Labute approximate surface area is 108 Å². The lowest BCUT2D eigenvalue weighted by Gasteiger charge is -2.22. The molecule has 0 saturated carbocycles. The molecule has 1 heterocycles. The van der Waals surface area contributed by atoms with E-state index in [-0.39, 0.29) is 12.6 Å². The van der Waals surface area contributed by atoms with Gasteiger partial charge in [0.05, 0.1) is 6.04 Å². The lowest BCUT2D eigenvalue weighted by atomic mass is 10.1. The standard InChI is InChI=1S/C12H19N3O2S/c13-10-12(11-6-2-1-3-7-11)14-18(16,17)15-8-4-5-9-15/h1-3,6-7,12,14H,4-5,8-10,13H2. The Morgan fingerprint density at radius 1 is 1.22 bits per heavy atom. The first-order valence-electron chi connectivity index (χ1n) is 6.16. The summed E-state index contributed by atoms with van der Waals surface area (Å²) in [5, 5.41) is 0. The lowest BCUT2D eigenvalue weighted by molar-refractivity contribution is 0.454. The first kappa shape index (κ1) is 13.5.